The Labute approximate surface area is 181 Å². The van der Waals surface area contributed by atoms with Gasteiger partial charge in [-0.3, -0.25) is 4.79 Å². The average molecular weight is 434 g/mol. The third-order valence-corrected chi connectivity index (χ3v) is 4.25. The van der Waals surface area contributed by atoms with Gasteiger partial charge in [0.1, 0.15) is 17.2 Å². The number of aromatic hydroxyl groups is 1. The van der Waals surface area contributed by atoms with Gasteiger partial charge in [0.05, 0.1) is 12.8 Å². The molecule has 0 saturated heterocycles. The molecule has 0 aliphatic rings. The van der Waals surface area contributed by atoms with Crippen LogP contribution in [0, 0.1) is 0 Å². The first kappa shape index (κ1) is 20.5. The number of nitrogens with two attached hydrogens (primary N) is 1. The number of benzene rings is 2. The number of amides is 1. The number of carbonyl (C=O) groups excluding carboxylic acids is 1. The highest BCUT2D eigenvalue weighted by molar-refractivity contribution is 5.99. The normalized spacial score (nSPS) is 11.0. The summed E-state index contributed by atoms with van der Waals surface area (Å²) in [6.45, 7) is 2.34. The van der Waals surface area contributed by atoms with E-state index in [0.717, 1.165) is 0 Å². The molecular weight excluding hydrogens is 416 g/mol. The summed E-state index contributed by atoms with van der Waals surface area (Å²) in [5, 5.41) is 28.7. The highest BCUT2D eigenvalue weighted by atomic mass is 16.6. The minimum Gasteiger partial charge on any atom is -0.508 e. The second-order valence-corrected chi connectivity index (χ2v) is 6.43. The molecule has 32 heavy (non-hydrogen) atoms. The highest BCUT2D eigenvalue weighted by Gasteiger charge is 2.25. The van der Waals surface area contributed by atoms with Crippen LogP contribution >= 0.6 is 0 Å². The van der Waals surface area contributed by atoms with Crippen LogP contribution in [-0.4, -0.2) is 49.1 Å². The quantitative estimate of drug-likeness (QED) is 0.290. The first-order valence-corrected chi connectivity index (χ1v) is 9.46. The third kappa shape index (κ3) is 4.23. The fourth-order valence-corrected chi connectivity index (χ4v) is 2.90. The van der Waals surface area contributed by atoms with Crippen LogP contribution in [0.2, 0.25) is 0 Å². The van der Waals surface area contributed by atoms with Crippen LogP contribution in [0.15, 0.2) is 58.3 Å². The first-order valence-electron chi connectivity index (χ1n) is 9.46. The Morgan fingerprint density at radius 3 is 2.88 bits per heavy atom. The van der Waals surface area contributed by atoms with Crippen molar-refractivity contribution in [1.29, 1.82) is 0 Å². The van der Waals surface area contributed by atoms with Crippen LogP contribution in [0.25, 0.3) is 17.1 Å². The van der Waals surface area contributed by atoms with Gasteiger partial charge < -0.3 is 15.6 Å². The maximum Gasteiger partial charge on any atom is 0.294 e. The number of carbonyl (C=O) groups is 1. The van der Waals surface area contributed by atoms with Gasteiger partial charge >= 0.3 is 0 Å². The van der Waals surface area contributed by atoms with Crippen molar-refractivity contribution >= 4 is 17.9 Å². The topological polar surface area (TPSA) is 167 Å². The molecule has 0 atom stereocenters. The molecule has 4 aromatic rings. The molecule has 0 aliphatic carbocycles. The number of nitrogen functional groups attached to an aromatic ring is 1. The molecule has 2 heterocycles. The van der Waals surface area contributed by atoms with Crippen LogP contribution in [0.4, 0.5) is 5.82 Å². The number of nitrogens with one attached hydrogen (secondary N) is 1. The molecule has 162 valence electrons. The van der Waals surface area contributed by atoms with Gasteiger partial charge in [-0.05, 0) is 47.1 Å². The standard InChI is InChI=1S/C20H18N8O4/c1-2-31-15-8-4-6-13(10-15)17-16(23-27-28(17)19-18(21)25-32-26-19)20(30)24-22-11-12-5-3-7-14(29)9-12/h3-11,29H,2H2,1H3,(H2,21,25)(H,24,30). The maximum atomic E-state index is 12.9. The van der Waals surface area contributed by atoms with Crippen molar-refractivity contribution in [2.75, 3.05) is 12.3 Å². The van der Waals surface area contributed by atoms with Crippen molar-refractivity contribution in [2.45, 2.75) is 6.92 Å². The molecule has 2 aromatic carbocycles. The Kier molecular flexibility index (Phi) is 5.74. The highest BCUT2D eigenvalue weighted by Crippen LogP contribution is 2.29. The van der Waals surface area contributed by atoms with Crippen molar-refractivity contribution in [3.8, 4) is 28.6 Å². The maximum absolute atomic E-state index is 12.9. The Hall–Kier alpha value is -4.74. The number of rotatable bonds is 7. The van der Waals surface area contributed by atoms with Crippen molar-refractivity contribution in [1.82, 2.24) is 30.7 Å². The number of anilines is 1. The number of ether oxygens (including phenoxy) is 1. The van der Waals surface area contributed by atoms with E-state index in [1.54, 1.807) is 36.4 Å². The zero-order valence-corrected chi connectivity index (χ0v) is 16.8. The molecule has 4 rings (SSSR count). The largest absolute Gasteiger partial charge is 0.508 e. The summed E-state index contributed by atoms with van der Waals surface area (Å²) in [7, 11) is 0. The summed E-state index contributed by atoms with van der Waals surface area (Å²) >= 11 is 0. The molecule has 12 heteroatoms. The Morgan fingerprint density at radius 2 is 2.12 bits per heavy atom. The summed E-state index contributed by atoms with van der Waals surface area (Å²) in [6, 6.07) is 13.4. The van der Waals surface area contributed by atoms with Gasteiger partial charge in [-0.1, -0.05) is 29.5 Å². The monoisotopic (exact) mass is 434 g/mol. The lowest BCUT2D eigenvalue weighted by atomic mass is 10.1. The molecule has 0 fully saturated rings. The average Bonchev–Trinajstić information content (AvgIpc) is 3.40. The van der Waals surface area contributed by atoms with E-state index < -0.39 is 5.91 Å². The lowest BCUT2D eigenvalue weighted by Gasteiger charge is -2.08. The van der Waals surface area contributed by atoms with Crippen LogP contribution in [0.3, 0.4) is 0 Å². The van der Waals surface area contributed by atoms with Crippen molar-refractivity contribution in [2.24, 2.45) is 5.10 Å². The molecule has 0 aliphatic heterocycles. The summed E-state index contributed by atoms with van der Waals surface area (Å²) in [6.07, 6.45) is 1.39. The van der Waals surface area contributed by atoms with Crippen LogP contribution in [0.1, 0.15) is 23.0 Å². The lowest BCUT2D eigenvalue weighted by Crippen LogP contribution is -2.19. The summed E-state index contributed by atoms with van der Waals surface area (Å²) in [5.41, 5.74) is 9.64. The Balaban J connectivity index is 1.70. The molecule has 0 spiro atoms. The molecule has 2 aromatic heterocycles. The van der Waals surface area contributed by atoms with E-state index in [0.29, 0.717) is 29.2 Å². The van der Waals surface area contributed by atoms with Gasteiger partial charge in [-0.2, -0.15) is 9.78 Å². The van der Waals surface area contributed by atoms with Crippen molar-refractivity contribution in [3.63, 3.8) is 0 Å². The zero-order chi connectivity index (χ0) is 22.5. The van der Waals surface area contributed by atoms with Crippen LogP contribution in [0.5, 0.6) is 11.5 Å². The van der Waals surface area contributed by atoms with Crippen LogP contribution in [-0.2, 0) is 0 Å². The molecule has 0 saturated carbocycles. The summed E-state index contributed by atoms with van der Waals surface area (Å²) < 4.78 is 11.5. The third-order valence-electron chi connectivity index (χ3n) is 4.25. The summed E-state index contributed by atoms with van der Waals surface area (Å²) in [4.78, 5) is 12.9. The fourth-order valence-electron chi connectivity index (χ4n) is 2.90. The van der Waals surface area contributed by atoms with E-state index in [2.05, 4.69) is 35.8 Å². The van der Waals surface area contributed by atoms with E-state index in [-0.39, 0.29) is 23.1 Å². The predicted molar refractivity (Wildman–Crippen MR) is 113 cm³/mol. The van der Waals surface area contributed by atoms with Crippen molar-refractivity contribution < 1.29 is 19.3 Å². The fraction of sp³-hybridized carbons (Fsp3) is 0.100. The Bertz CT molecular complexity index is 1280. The minimum atomic E-state index is -0.625. The molecule has 1 amide bonds. The number of nitrogens with zero attached hydrogens (tertiary/aromatic N) is 6. The summed E-state index contributed by atoms with van der Waals surface area (Å²) in [5.74, 6) is 0.109. The first-order chi connectivity index (χ1) is 15.6. The van der Waals surface area contributed by atoms with Gasteiger partial charge in [-0.15, -0.1) is 5.10 Å². The van der Waals surface area contributed by atoms with E-state index in [9.17, 15) is 9.90 Å². The number of aromatic nitrogens is 5. The second kappa shape index (κ2) is 8.95. The van der Waals surface area contributed by atoms with Gasteiger partial charge in [0.15, 0.2) is 5.69 Å². The predicted octanol–water partition coefficient (Wildman–Crippen LogP) is 1.77. The Morgan fingerprint density at radius 1 is 1.28 bits per heavy atom. The molecular formula is C20H18N8O4. The molecule has 12 nitrogen and oxygen atoms in total. The number of hydrogen-bond acceptors (Lipinski definition) is 10. The molecule has 4 N–H and O–H groups in total. The van der Waals surface area contributed by atoms with Crippen molar-refractivity contribution in [3.05, 3.63) is 59.8 Å². The van der Waals surface area contributed by atoms with E-state index >= 15 is 0 Å². The SMILES string of the molecule is CCOc1cccc(-c2c(C(=O)NN=Cc3cccc(O)c3)nnn2-c2nonc2N)c1. The van der Waals surface area contributed by atoms with Crippen LogP contribution < -0.4 is 15.9 Å². The number of phenolic OH excluding ortho intramolecular Hbond substituents is 1. The smallest absolute Gasteiger partial charge is 0.294 e. The van der Waals surface area contributed by atoms with E-state index in [1.165, 1.54) is 23.0 Å². The van der Waals surface area contributed by atoms with Gasteiger partial charge in [0.2, 0.25) is 11.6 Å². The van der Waals surface area contributed by atoms with Gasteiger partial charge in [0, 0.05) is 5.56 Å². The minimum absolute atomic E-state index is 0.0222. The van der Waals surface area contributed by atoms with E-state index in [4.69, 9.17) is 10.5 Å². The zero-order valence-electron chi connectivity index (χ0n) is 16.8. The molecule has 0 bridgehead atoms. The number of hydrogen-bond donors (Lipinski definition) is 3. The lowest BCUT2D eigenvalue weighted by molar-refractivity contribution is 0.0950. The van der Waals surface area contributed by atoms with Gasteiger partial charge in [-0.25, -0.2) is 10.1 Å². The van der Waals surface area contributed by atoms with Gasteiger partial charge in [0.25, 0.3) is 5.91 Å². The molecule has 0 unspecified atom stereocenters. The molecule has 0 radical (unpaired) electrons. The number of hydrazone groups is 1. The second-order valence-electron chi connectivity index (χ2n) is 6.43. The van der Waals surface area contributed by atoms with E-state index in [1.807, 2.05) is 6.92 Å². The number of phenols is 1.